The smallest absolute Gasteiger partial charge is 0.0916 e. The minimum Gasteiger partial charge on any atom is -0.387 e. The van der Waals surface area contributed by atoms with Crippen molar-refractivity contribution in [2.45, 2.75) is 20.0 Å². The number of anilines is 1. The molecule has 1 aliphatic heterocycles. The number of β-amino-alcohol motifs (C(OH)–C–C–N with tert-alkyl or cyclic N) is 1. The average Bonchev–Trinajstić information content (AvgIpc) is 2.59. The van der Waals surface area contributed by atoms with Gasteiger partial charge in [0, 0.05) is 38.4 Å². The third-order valence-corrected chi connectivity index (χ3v) is 4.90. The SMILES string of the molecule is Cc1cccc(N2CCN(C[C@H](O)c3ccccc3)CC2)c1C. The van der Waals surface area contributed by atoms with E-state index in [-0.39, 0.29) is 0 Å². The Morgan fingerprint density at radius 3 is 2.30 bits per heavy atom. The highest BCUT2D eigenvalue weighted by molar-refractivity contribution is 5.56. The number of hydrogen-bond donors (Lipinski definition) is 1. The second-order valence-electron chi connectivity index (χ2n) is 6.43. The molecule has 0 unspecified atom stereocenters. The van der Waals surface area contributed by atoms with E-state index in [0.29, 0.717) is 6.54 Å². The number of rotatable bonds is 4. The van der Waals surface area contributed by atoms with Gasteiger partial charge in [0.05, 0.1) is 6.10 Å². The van der Waals surface area contributed by atoms with Gasteiger partial charge in [0.15, 0.2) is 0 Å². The number of benzene rings is 2. The summed E-state index contributed by atoms with van der Waals surface area (Å²) in [5, 5.41) is 10.4. The predicted molar refractivity (Wildman–Crippen MR) is 96.0 cm³/mol. The van der Waals surface area contributed by atoms with Crippen molar-refractivity contribution in [2.75, 3.05) is 37.6 Å². The van der Waals surface area contributed by atoms with Crippen LogP contribution in [-0.2, 0) is 0 Å². The molecule has 0 aromatic heterocycles. The van der Waals surface area contributed by atoms with Crippen molar-refractivity contribution in [1.82, 2.24) is 4.90 Å². The molecule has 3 heteroatoms. The van der Waals surface area contributed by atoms with Gasteiger partial charge in [-0.15, -0.1) is 0 Å². The number of aryl methyl sites for hydroxylation is 1. The number of nitrogens with zero attached hydrogens (tertiary/aromatic N) is 2. The number of piperazine rings is 1. The van der Waals surface area contributed by atoms with E-state index in [1.54, 1.807) is 0 Å². The highest BCUT2D eigenvalue weighted by Crippen LogP contribution is 2.24. The summed E-state index contributed by atoms with van der Waals surface area (Å²) in [7, 11) is 0. The van der Waals surface area contributed by atoms with Crippen LogP contribution in [-0.4, -0.2) is 42.7 Å². The van der Waals surface area contributed by atoms with Crippen LogP contribution in [0.15, 0.2) is 48.5 Å². The Morgan fingerprint density at radius 2 is 1.61 bits per heavy atom. The molecule has 0 radical (unpaired) electrons. The maximum absolute atomic E-state index is 10.4. The van der Waals surface area contributed by atoms with Crippen molar-refractivity contribution in [3.8, 4) is 0 Å². The van der Waals surface area contributed by atoms with Crippen molar-refractivity contribution in [3.63, 3.8) is 0 Å². The van der Waals surface area contributed by atoms with E-state index < -0.39 is 6.10 Å². The standard InChI is InChI=1S/C20H26N2O/c1-16-7-6-10-19(17(16)2)22-13-11-21(12-14-22)15-20(23)18-8-4-3-5-9-18/h3-10,20,23H,11-15H2,1-2H3/t20-/m0/s1. The highest BCUT2D eigenvalue weighted by Gasteiger charge is 2.21. The fourth-order valence-corrected chi connectivity index (χ4v) is 3.27. The zero-order valence-corrected chi connectivity index (χ0v) is 14.1. The molecule has 3 nitrogen and oxygen atoms in total. The molecule has 0 aliphatic carbocycles. The van der Waals surface area contributed by atoms with E-state index in [4.69, 9.17) is 0 Å². The van der Waals surface area contributed by atoms with Gasteiger partial charge in [-0.25, -0.2) is 0 Å². The zero-order valence-electron chi connectivity index (χ0n) is 14.1. The molecule has 2 aromatic carbocycles. The number of hydrogen-bond acceptors (Lipinski definition) is 3. The first kappa shape index (κ1) is 16.0. The summed E-state index contributed by atoms with van der Waals surface area (Å²) in [5.74, 6) is 0. The molecule has 0 spiro atoms. The molecule has 1 fully saturated rings. The third kappa shape index (κ3) is 3.74. The Bertz CT molecular complexity index is 633. The highest BCUT2D eigenvalue weighted by atomic mass is 16.3. The molecule has 2 aromatic rings. The monoisotopic (exact) mass is 310 g/mol. The lowest BCUT2D eigenvalue weighted by atomic mass is 10.1. The van der Waals surface area contributed by atoms with Crippen LogP contribution in [0.25, 0.3) is 0 Å². The van der Waals surface area contributed by atoms with Crippen LogP contribution in [0, 0.1) is 13.8 Å². The molecule has 1 N–H and O–H groups in total. The molecular weight excluding hydrogens is 284 g/mol. The summed E-state index contributed by atoms with van der Waals surface area (Å²) in [5.41, 5.74) is 5.09. The van der Waals surface area contributed by atoms with Gasteiger partial charge in [0.1, 0.15) is 0 Å². The molecule has 0 amide bonds. The minimum absolute atomic E-state index is 0.400. The van der Waals surface area contributed by atoms with Gasteiger partial charge in [0.2, 0.25) is 0 Å². The third-order valence-electron chi connectivity index (χ3n) is 4.90. The van der Waals surface area contributed by atoms with Crippen LogP contribution in [0.4, 0.5) is 5.69 Å². The Morgan fingerprint density at radius 1 is 0.913 bits per heavy atom. The normalized spacial score (nSPS) is 17.3. The second kappa shape index (κ2) is 7.16. The van der Waals surface area contributed by atoms with Crippen molar-refractivity contribution in [2.24, 2.45) is 0 Å². The minimum atomic E-state index is -0.400. The molecule has 1 atom stereocenters. The fourth-order valence-electron chi connectivity index (χ4n) is 3.27. The summed E-state index contributed by atoms with van der Waals surface area (Å²) in [6.45, 7) is 9.12. The summed E-state index contributed by atoms with van der Waals surface area (Å²) in [4.78, 5) is 4.83. The molecule has 23 heavy (non-hydrogen) atoms. The maximum Gasteiger partial charge on any atom is 0.0916 e. The van der Waals surface area contributed by atoms with E-state index in [1.807, 2.05) is 30.3 Å². The topological polar surface area (TPSA) is 26.7 Å². The van der Waals surface area contributed by atoms with Gasteiger partial charge in [0.25, 0.3) is 0 Å². The molecule has 0 saturated carbocycles. The van der Waals surface area contributed by atoms with Crippen molar-refractivity contribution < 1.29 is 5.11 Å². The van der Waals surface area contributed by atoms with Gasteiger partial charge >= 0.3 is 0 Å². The first-order chi connectivity index (χ1) is 11.1. The molecule has 1 saturated heterocycles. The first-order valence-electron chi connectivity index (χ1n) is 8.41. The lowest BCUT2D eigenvalue weighted by Gasteiger charge is -2.37. The van der Waals surface area contributed by atoms with Gasteiger partial charge in [-0.3, -0.25) is 4.90 Å². The van der Waals surface area contributed by atoms with Gasteiger partial charge < -0.3 is 10.0 Å². The predicted octanol–water partition coefficient (Wildman–Crippen LogP) is 3.16. The van der Waals surface area contributed by atoms with E-state index in [1.165, 1.54) is 16.8 Å². The molecule has 1 aliphatic rings. The summed E-state index contributed by atoms with van der Waals surface area (Å²) < 4.78 is 0. The van der Waals surface area contributed by atoms with Gasteiger partial charge in [-0.1, -0.05) is 42.5 Å². The Hall–Kier alpha value is -1.84. The van der Waals surface area contributed by atoms with Crippen molar-refractivity contribution >= 4 is 5.69 Å². The van der Waals surface area contributed by atoms with Crippen LogP contribution < -0.4 is 4.90 Å². The molecule has 0 bridgehead atoms. The molecule has 1 heterocycles. The van der Waals surface area contributed by atoms with Gasteiger partial charge in [-0.05, 0) is 36.6 Å². The van der Waals surface area contributed by atoms with Gasteiger partial charge in [-0.2, -0.15) is 0 Å². The number of aliphatic hydroxyl groups excluding tert-OH is 1. The maximum atomic E-state index is 10.4. The average molecular weight is 310 g/mol. The Labute approximate surface area is 139 Å². The largest absolute Gasteiger partial charge is 0.387 e. The molecule has 3 rings (SSSR count). The van der Waals surface area contributed by atoms with E-state index in [2.05, 4.69) is 41.8 Å². The summed E-state index contributed by atoms with van der Waals surface area (Å²) in [6.07, 6.45) is -0.400. The quantitative estimate of drug-likeness (QED) is 0.940. The van der Waals surface area contributed by atoms with Crippen molar-refractivity contribution in [3.05, 3.63) is 65.2 Å². The zero-order chi connectivity index (χ0) is 16.2. The van der Waals surface area contributed by atoms with E-state index >= 15 is 0 Å². The number of aliphatic hydroxyl groups is 1. The van der Waals surface area contributed by atoms with E-state index in [9.17, 15) is 5.11 Å². The van der Waals surface area contributed by atoms with Crippen LogP contribution in [0.5, 0.6) is 0 Å². The van der Waals surface area contributed by atoms with Crippen molar-refractivity contribution in [1.29, 1.82) is 0 Å². The van der Waals surface area contributed by atoms with Crippen LogP contribution >= 0.6 is 0 Å². The summed E-state index contributed by atoms with van der Waals surface area (Å²) in [6, 6.07) is 16.5. The molecular formula is C20H26N2O. The van der Waals surface area contributed by atoms with Crippen LogP contribution in [0.3, 0.4) is 0 Å². The lowest BCUT2D eigenvalue weighted by Crippen LogP contribution is -2.47. The Kier molecular flexibility index (Phi) is 4.99. The second-order valence-corrected chi connectivity index (χ2v) is 6.43. The van der Waals surface area contributed by atoms with E-state index in [0.717, 1.165) is 31.7 Å². The fraction of sp³-hybridized carbons (Fsp3) is 0.400. The van der Waals surface area contributed by atoms with Crippen LogP contribution in [0.2, 0.25) is 0 Å². The van der Waals surface area contributed by atoms with Crippen LogP contribution in [0.1, 0.15) is 22.8 Å². The molecule has 122 valence electrons. The summed E-state index contributed by atoms with van der Waals surface area (Å²) >= 11 is 0. The first-order valence-corrected chi connectivity index (χ1v) is 8.41. The lowest BCUT2D eigenvalue weighted by molar-refractivity contribution is 0.109. The Balaban J connectivity index is 1.57.